The highest BCUT2D eigenvalue weighted by molar-refractivity contribution is 5.99. The molecule has 5 rings (SSSR count). The average Bonchev–Trinajstić information content (AvgIpc) is 3.40. The van der Waals surface area contributed by atoms with Gasteiger partial charge in [0.05, 0.1) is 5.52 Å². The molecule has 2 aromatic carbocycles. The zero-order valence-corrected chi connectivity index (χ0v) is 17.6. The lowest BCUT2D eigenvalue weighted by atomic mass is 10.0. The Morgan fingerprint density at radius 3 is 2.84 bits per heavy atom. The number of anilines is 1. The first-order valence-electron chi connectivity index (χ1n) is 10.7. The summed E-state index contributed by atoms with van der Waals surface area (Å²) in [6.07, 6.45) is 4.25. The molecule has 0 spiro atoms. The number of benzene rings is 2. The van der Waals surface area contributed by atoms with Crippen LogP contribution < -0.4 is 11.1 Å². The largest absolute Gasteiger partial charge is 0.382 e. The molecule has 0 aliphatic rings. The molecule has 3 heterocycles. The van der Waals surface area contributed by atoms with E-state index in [2.05, 4.69) is 74.9 Å². The standard InChI is InChI=1S/C25H26N6/c1-2-3-10-27-15-16-5-4-6-18(12-16)23-14-20-19(9-11-28-25(20)29-23)17-7-8-22-21(13-17)24(26)31-30-22/h4-9,11-14,27H,2-3,10,15H2,1H3,(H,28,29)(H3,26,30,31). The summed E-state index contributed by atoms with van der Waals surface area (Å²) in [7, 11) is 0. The lowest BCUT2D eigenvalue weighted by Crippen LogP contribution is -2.14. The van der Waals surface area contributed by atoms with E-state index in [1.54, 1.807) is 0 Å². The minimum absolute atomic E-state index is 0.515. The Morgan fingerprint density at radius 2 is 1.94 bits per heavy atom. The van der Waals surface area contributed by atoms with Crippen LogP contribution in [0.3, 0.4) is 0 Å². The Labute approximate surface area is 180 Å². The Morgan fingerprint density at radius 1 is 1.00 bits per heavy atom. The number of hydrogen-bond donors (Lipinski definition) is 4. The summed E-state index contributed by atoms with van der Waals surface area (Å²) in [4.78, 5) is 8.06. The highest BCUT2D eigenvalue weighted by Gasteiger charge is 2.12. The molecule has 5 N–H and O–H groups in total. The minimum Gasteiger partial charge on any atom is -0.382 e. The Bertz CT molecular complexity index is 1350. The molecule has 0 fully saturated rings. The van der Waals surface area contributed by atoms with Crippen LogP contribution in [0, 0.1) is 0 Å². The predicted molar refractivity (Wildman–Crippen MR) is 128 cm³/mol. The molecule has 0 aliphatic heterocycles. The van der Waals surface area contributed by atoms with E-state index in [0.29, 0.717) is 5.82 Å². The van der Waals surface area contributed by atoms with Crippen molar-refractivity contribution < 1.29 is 0 Å². The molecule has 0 bridgehead atoms. The predicted octanol–water partition coefficient (Wildman–Crippen LogP) is 5.25. The number of H-pyrrole nitrogens is 2. The molecular weight excluding hydrogens is 384 g/mol. The monoisotopic (exact) mass is 410 g/mol. The number of unbranched alkanes of at least 4 members (excludes halogenated alkanes) is 1. The van der Waals surface area contributed by atoms with Crippen LogP contribution in [-0.4, -0.2) is 26.7 Å². The molecule has 0 saturated heterocycles. The van der Waals surface area contributed by atoms with Gasteiger partial charge in [-0.1, -0.05) is 37.6 Å². The Balaban J connectivity index is 1.50. The summed E-state index contributed by atoms with van der Waals surface area (Å²) in [6.45, 7) is 4.14. The van der Waals surface area contributed by atoms with Gasteiger partial charge in [0.25, 0.3) is 0 Å². The molecule has 0 radical (unpaired) electrons. The second-order valence-electron chi connectivity index (χ2n) is 7.90. The van der Waals surface area contributed by atoms with Gasteiger partial charge in [0.15, 0.2) is 5.82 Å². The van der Waals surface area contributed by atoms with Crippen LogP contribution in [0.15, 0.2) is 60.8 Å². The molecule has 5 aromatic rings. The SMILES string of the molecule is CCCCNCc1cccc(-c2cc3c(-c4ccc5[nH]nc(N)c5c4)ccnc3[nH]2)c1. The second kappa shape index (κ2) is 8.24. The Kier molecular flexibility index (Phi) is 5.14. The molecule has 0 saturated carbocycles. The third-order valence-electron chi connectivity index (χ3n) is 5.71. The molecule has 31 heavy (non-hydrogen) atoms. The third-order valence-corrected chi connectivity index (χ3v) is 5.71. The van der Waals surface area contributed by atoms with Crippen molar-refractivity contribution in [2.45, 2.75) is 26.3 Å². The molecule has 6 heteroatoms. The number of nitrogens with zero attached hydrogens (tertiary/aromatic N) is 2. The van der Waals surface area contributed by atoms with E-state index in [-0.39, 0.29) is 0 Å². The molecule has 3 aromatic heterocycles. The Hall–Kier alpha value is -3.64. The van der Waals surface area contributed by atoms with Crippen molar-refractivity contribution in [2.24, 2.45) is 0 Å². The van der Waals surface area contributed by atoms with Gasteiger partial charge in [0, 0.05) is 29.2 Å². The van der Waals surface area contributed by atoms with E-state index in [1.165, 1.54) is 18.4 Å². The third kappa shape index (κ3) is 3.78. The second-order valence-corrected chi connectivity index (χ2v) is 7.90. The highest BCUT2D eigenvalue weighted by atomic mass is 15.1. The number of aromatic nitrogens is 4. The van der Waals surface area contributed by atoms with Gasteiger partial charge in [-0.05, 0) is 65.6 Å². The van der Waals surface area contributed by atoms with Crippen molar-refractivity contribution in [3.05, 3.63) is 66.4 Å². The number of aromatic amines is 2. The van der Waals surface area contributed by atoms with E-state index >= 15 is 0 Å². The molecule has 0 amide bonds. The zero-order valence-electron chi connectivity index (χ0n) is 17.6. The summed E-state index contributed by atoms with van der Waals surface area (Å²) in [5, 5.41) is 12.6. The number of nitrogen functional groups attached to an aromatic ring is 1. The summed E-state index contributed by atoms with van der Waals surface area (Å²) in [5.74, 6) is 0.515. The summed E-state index contributed by atoms with van der Waals surface area (Å²) >= 11 is 0. The van der Waals surface area contributed by atoms with Crippen molar-refractivity contribution in [2.75, 3.05) is 12.3 Å². The van der Waals surface area contributed by atoms with Crippen molar-refractivity contribution in [1.82, 2.24) is 25.5 Å². The molecule has 156 valence electrons. The van der Waals surface area contributed by atoms with Gasteiger partial charge in [0.2, 0.25) is 0 Å². The fourth-order valence-electron chi connectivity index (χ4n) is 4.02. The number of pyridine rings is 1. The molecule has 0 atom stereocenters. The van der Waals surface area contributed by atoms with E-state index in [9.17, 15) is 0 Å². The van der Waals surface area contributed by atoms with Crippen LogP contribution in [0.4, 0.5) is 5.82 Å². The number of hydrogen-bond acceptors (Lipinski definition) is 4. The number of rotatable bonds is 7. The van der Waals surface area contributed by atoms with Gasteiger partial charge >= 0.3 is 0 Å². The van der Waals surface area contributed by atoms with Crippen LogP contribution in [0.1, 0.15) is 25.3 Å². The minimum atomic E-state index is 0.515. The van der Waals surface area contributed by atoms with E-state index in [1.807, 2.05) is 18.3 Å². The smallest absolute Gasteiger partial charge is 0.153 e. The number of nitrogens with one attached hydrogen (secondary N) is 3. The average molecular weight is 411 g/mol. The van der Waals surface area contributed by atoms with Crippen LogP contribution in [0.5, 0.6) is 0 Å². The van der Waals surface area contributed by atoms with Crippen LogP contribution in [-0.2, 0) is 6.54 Å². The van der Waals surface area contributed by atoms with E-state index in [0.717, 1.165) is 57.4 Å². The first-order chi connectivity index (χ1) is 15.2. The first kappa shape index (κ1) is 19.3. The first-order valence-corrected chi connectivity index (χ1v) is 10.7. The number of fused-ring (bicyclic) bond motifs is 2. The van der Waals surface area contributed by atoms with Gasteiger partial charge in [-0.15, -0.1) is 0 Å². The van der Waals surface area contributed by atoms with E-state index < -0.39 is 0 Å². The summed E-state index contributed by atoms with van der Waals surface area (Å²) in [6, 6.07) is 19.1. The maximum Gasteiger partial charge on any atom is 0.153 e. The maximum absolute atomic E-state index is 6.02. The van der Waals surface area contributed by atoms with Crippen molar-refractivity contribution in [3.8, 4) is 22.4 Å². The van der Waals surface area contributed by atoms with Crippen LogP contribution >= 0.6 is 0 Å². The molecule has 0 unspecified atom stereocenters. The molecular formula is C25H26N6. The fourth-order valence-corrected chi connectivity index (χ4v) is 4.02. The lowest BCUT2D eigenvalue weighted by molar-refractivity contribution is 0.641. The van der Waals surface area contributed by atoms with Crippen molar-refractivity contribution >= 4 is 27.8 Å². The maximum atomic E-state index is 6.02. The topological polar surface area (TPSA) is 95.4 Å². The van der Waals surface area contributed by atoms with E-state index in [4.69, 9.17) is 5.73 Å². The zero-order chi connectivity index (χ0) is 21.2. The van der Waals surface area contributed by atoms with Gasteiger partial charge in [-0.3, -0.25) is 5.10 Å². The van der Waals surface area contributed by atoms with Crippen LogP contribution in [0.2, 0.25) is 0 Å². The quantitative estimate of drug-likeness (QED) is 0.276. The van der Waals surface area contributed by atoms with Gasteiger partial charge in [-0.25, -0.2) is 4.98 Å². The van der Waals surface area contributed by atoms with Gasteiger partial charge < -0.3 is 16.0 Å². The van der Waals surface area contributed by atoms with Crippen LogP contribution in [0.25, 0.3) is 44.3 Å². The summed E-state index contributed by atoms with van der Waals surface area (Å²) in [5.41, 5.74) is 13.5. The van der Waals surface area contributed by atoms with Crippen molar-refractivity contribution in [1.29, 1.82) is 0 Å². The lowest BCUT2D eigenvalue weighted by Gasteiger charge is -2.06. The fraction of sp³-hybridized carbons (Fsp3) is 0.200. The number of nitrogens with two attached hydrogens (primary N) is 1. The summed E-state index contributed by atoms with van der Waals surface area (Å²) < 4.78 is 0. The molecule has 6 nitrogen and oxygen atoms in total. The highest BCUT2D eigenvalue weighted by Crippen LogP contribution is 2.33. The molecule has 0 aliphatic carbocycles. The van der Waals surface area contributed by atoms with Crippen molar-refractivity contribution in [3.63, 3.8) is 0 Å². The van der Waals surface area contributed by atoms with Gasteiger partial charge in [0.1, 0.15) is 5.65 Å². The normalized spacial score (nSPS) is 11.5. The van der Waals surface area contributed by atoms with Gasteiger partial charge in [-0.2, -0.15) is 5.10 Å².